The van der Waals surface area contributed by atoms with E-state index in [-0.39, 0.29) is 0 Å². The van der Waals surface area contributed by atoms with E-state index in [4.69, 9.17) is 4.98 Å². The van der Waals surface area contributed by atoms with Crippen molar-refractivity contribution < 1.29 is 0 Å². The molecule has 1 nitrogen and oxygen atoms in total. The summed E-state index contributed by atoms with van der Waals surface area (Å²) in [7, 11) is 0. The average molecular weight is 792 g/mol. The highest BCUT2D eigenvalue weighted by molar-refractivity contribution is 7.26. The average Bonchev–Trinajstić information content (AvgIpc) is 3.73. The summed E-state index contributed by atoms with van der Waals surface area (Å²) in [5, 5.41) is 8.75. The highest BCUT2D eigenvalue weighted by Crippen LogP contribution is 2.41. The zero-order valence-electron chi connectivity index (χ0n) is 33.2. The molecule has 0 atom stereocenters. The van der Waals surface area contributed by atoms with Gasteiger partial charge in [0.25, 0.3) is 0 Å². The molecular formula is C59H37NS. The molecule has 0 amide bonds. The molecule has 12 aromatic rings. The first-order chi connectivity index (χ1) is 30.2. The van der Waals surface area contributed by atoms with Crippen LogP contribution in [-0.2, 0) is 0 Å². The summed E-state index contributed by atoms with van der Waals surface area (Å²) in [6, 6.07) is 79.7. The van der Waals surface area contributed by atoms with Gasteiger partial charge in [0, 0.05) is 42.7 Å². The quantitative estimate of drug-likeness (QED) is 0.153. The lowest BCUT2D eigenvalue weighted by Crippen LogP contribution is -1.88. The Bertz CT molecular complexity index is 3630. The number of nitrogens with zero attached hydrogens (tertiary/aromatic N) is 1. The molecule has 0 aliphatic rings. The number of hydrogen-bond donors (Lipinski definition) is 0. The van der Waals surface area contributed by atoms with Crippen LogP contribution in [0.25, 0.3) is 119 Å². The second-order valence-corrected chi connectivity index (χ2v) is 16.9. The first-order valence-corrected chi connectivity index (χ1v) is 21.7. The molecule has 0 fully saturated rings. The normalized spacial score (nSPS) is 11.6. The first kappa shape index (κ1) is 35.3. The van der Waals surface area contributed by atoms with Gasteiger partial charge in [-0.1, -0.05) is 176 Å². The van der Waals surface area contributed by atoms with Gasteiger partial charge in [-0.15, -0.1) is 11.3 Å². The van der Waals surface area contributed by atoms with E-state index in [2.05, 4.69) is 218 Å². The monoisotopic (exact) mass is 791 g/mol. The molecule has 0 radical (unpaired) electrons. The lowest BCUT2D eigenvalue weighted by Gasteiger charge is -2.12. The van der Waals surface area contributed by atoms with Crippen LogP contribution in [0.3, 0.4) is 0 Å². The largest absolute Gasteiger partial charge is 0.255 e. The Labute approximate surface area is 358 Å². The maximum Gasteiger partial charge on any atom is 0.0787 e. The molecule has 0 aliphatic heterocycles. The summed E-state index contributed by atoms with van der Waals surface area (Å²) >= 11 is 1.88. The predicted octanol–water partition coefficient (Wildman–Crippen LogP) is 16.9. The lowest BCUT2D eigenvalue weighted by molar-refractivity contribution is 1.42. The fourth-order valence-electron chi connectivity index (χ4n) is 9.27. The maximum absolute atomic E-state index is 5.08. The molecule has 284 valence electrons. The van der Waals surface area contributed by atoms with E-state index in [1.54, 1.807) is 0 Å². The summed E-state index contributed by atoms with van der Waals surface area (Å²) in [5.74, 6) is 0. The van der Waals surface area contributed by atoms with E-state index in [0.717, 1.165) is 16.6 Å². The third kappa shape index (κ3) is 6.20. The zero-order chi connectivity index (χ0) is 40.3. The predicted molar refractivity (Wildman–Crippen MR) is 262 cm³/mol. The SMILES string of the molecule is c1cc(-c2cccc(-c3cccc(-c4cnc5c6ccccc6c6ccccc6c5c4)c3)c2)cc(-c2cccc(-c3cccc(-c4cccc5c4sc4ccccc45)c3)c2)c1. The molecule has 61 heavy (non-hydrogen) atoms. The molecule has 0 bridgehead atoms. The molecule has 12 rings (SSSR count). The Morgan fingerprint density at radius 3 is 1.18 bits per heavy atom. The molecule has 0 saturated carbocycles. The van der Waals surface area contributed by atoms with Crippen LogP contribution in [-0.4, -0.2) is 4.98 Å². The van der Waals surface area contributed by atoms with Crippen molar-refractivity contribution in [2.75, 3.05) is 0 Å². The van der Waals surface area contributed by atoms with Gasteiger partial charge in [-0.2, -0.15) is 0 Å². The number of hydrogen-bond acceptors (Lipinski definition) is 2. The zero-order valence-corrected chi connectivity index (χ0v) is 34.0. The number of benzene rings is 10. The van der Waals surface area contributed by atoms with Gasteiger partial charge in [-0.05, 0) is 120 Å². The van der Waals surface area contributed by atoms with Gasteiger partial charge >= 0.3 is 0 Å². The summed E-state index contributed by atoms with van der Waals surface area (Å²) in [4.78, 5) is 5.08. The molecule has 0 spiro atoms. The number of pyridine rings is 1. The van der Waals surface area contributed by atoms with Crippen LogP contribution in [0.5, 0.6) is 0 Å². The summed E-state index contributed by atoms with van der Waals surface area (Å²) in [6.07, 6.45) is 2.03. The van der Waals surface area contributed by atoms with Crippen molar-refractivity contribution in [1.82, 2.24) is 4.98 Å². The van der Waals surface area contributed by atoms with Crippen molar-refractivity contribution in [2.24, 2.45) is 0 Å². The molecule has 2 heterocycles. The van der Waals surface area contributed by atoms with Crippen molar-refractivity contribution in [3.63, 3.8) is 0 Å². The van der Waals surface area contributed by atoms with Gasteiger partial charge in [-0.3, -0.25) is 4.98 Å². The van der Waals surface area contributed by atoms with Gasteiger partial charge in [0.2, 0.25) is 0 Å². The van der Waals surface area contributed by atoms with Crippen LogP contribution >= 0.6 is 11.3 Å². The van der Waals surface area contributed by atoms with E-state index in [1.807, 2.05) is 17.5 Å². The minimum atomic E-state index is 1.04. The van der Waals surface area contributed by atoms with Crippen LogP contribution in [0.4, 0.5) is 0 Å². The summed E-state index contributed by atoms with van der Waals surface area (Å²) in [5.41, 5.74) is 15.4. The van der Waals surface area contributed by atoms with E-state index < -0.39 is 0 Å². The minimum Gasteiger partial charge on any atom is -0.255 e. The molecular weight excluding hydrogens is 755 g/mol. The van der Waals surface area contributed by atoms with Gasteiger partial charge in [0.1, 0.15) is 0 Å². The first-order valence-electron chi connectivity index (χ1n) is 20.8. The molecule has 2 heteroatoms. The molecule has 2 aromatic heterocycles. The molecule has 10 aromatic carbocycles. The Balaban J connectivity index is 0.855. The Hall–Kier alpha value is -7.65. The van der Waals surface area contributed by atoms with Gasteiger partial charge in [-0.25, -0.2) is 0 Å². The van der Waals surface area contributed by atoms with Gasteiger partial charge < -0.3 is 0 Å². The highest BCUT2D eigenvalue weighted by Gasteiger charge is 2.14. The molecule has 0 aliphatic carbocycles. The third-order valence-electron chi connectivity index (χ3n) is 12.3. The van der Waals surface area contributed by atoms with Crippen molar-refractivity contribution in [3.8, 4) is 66.8 Å². The topological polar surface area (TPSA) is 12.9 Å². The molecule has 0 saturated heterocycles. The van der Waals surface area contributed by atoms with Crippen LogP contribution in [0.2, 0.25) is 0 Å². The highest BCUT2D eigenvalue weighted by atomic mass is 32.1. The fourth-order valence-corrected chi connectivity index (χ4v) is 10.5. The Kier molecular flexibility index (Phi) is 8.43. The van der Waals surface area contributed by atoms with Crippen molar-refractivity contribution in [1.29, 1.82) is 0 Å². The number of thiophene rings is 1. The Morgan fingerprint density at radius 2 is 0.639 bits per heavy atom. The number of rotatable bonds is 6. The number of aromatic nitrogens is 1. The smallest absolute Gasteiger partial charge is 0.0787 e. The third-order valence-corrected chi connectivity index (χ3v) is 13.5. The van der Waals surface area contributed by atoms with E-state index in [9.17, 15) is 0 Å². The van der Waals surface area contributed by atoms with Gasteiger partial charge in [0.05, 0.1) is 5.52 Å². The molecule has 0 N–H and O–H groups in total. The fraction of sp³-hybridized carbons (Fsp3) is 0. The van der Waals surface area contributed by atoms with Crippen LogP contribution in [0.15, 0.2) is 225 Å². The minimum absolute atomic E-state index is 1.04. The standard InChI is InChI=1S/C59H37NS/c1-2-25-52-50(23-1)51-24-3-4-27-54(51)58-56(52)36-48(37-60-58)46-21-10-19-44(34-46)42-17-8-15-40(32-42)38-13-7-14-39(31-38)41-16-9-18-43(33-41)45-20-11-22-47(35-45)49-28-12-29-55-53-26-5-6-30-57(53)61-59(49)55/h1-37H. The van der Waals surface area contributed by atoms with Crippen LogP contribution in [0, 0.1) is 0 Å². The van der Waals surface area contributed by atoms with E-state index in [1.165, 1.54) is 103 Å². The van der Waals surface area contributed by atoms with Gasteiger partial charge in [0.15, 0.2) is 0 Å². The summed E-state index contributed by atoms with van der Waals surface area (Å²) in [6.45, 7) is 0. The van der Waals surface area contributed by atoms with Crippen LogP contribution < -0.4 is 0 Å². The van der Waals surface area contributed by atoms with E-state index in [0.29, 0.717) is 0 Å². The Morgan fingerprint density at radius 1 is 0.262 bits per heavy atom. The van der Waals surface area contributed by atoms with E-state index >= 15 is 0 Å². The number of fused-ring (bicyclic) bond motifs is 9. The maximum atomic E-state index is 5.08. The molecule has 0 unspecified atom stereocenters. The second kappa shape index (κ2) is 14.6. The van der Waals surface area contributed by atoms with Crippen molar-refractivity contribution >= 4 is 64.0 Å². The van der Waals surface area contributed by atoms with Crippen LogP contribution in [0.1, 0.15) is 0 Å². The second-order valence-electron chi connectivity index (χ2n) is 15.9. The van der Waals surface area contributed by atoms with Crippen molar-refractivity contribution in [2.45, 2.75) is 0 Å². The lowest BCUT2D eigenvalue weighted by atomic mass is 9.93. The van der Waals surface area contributed by atoms with Crippen molar-refractivity contribution in [3.05, 3.63) is 225 Å². The summed E-state index contributed by atoms with van der Waals surface area (Å²) < 4.78 is 2.67.